The summed E-state index contributed by atoms with van der Waals surface area (Å²) >= 11 is 0. The Labute approximate surface area is 109 Å². The summed E-state index contributed by atoms with van der Waals surface area (Å²) < 4.78 is 0. The average Bonchev–Trinajstić information content (AvgIpc) is 2.22. The Bertz CT molecular complexity index is 371. The second-order valence-corrected chi connectivity index (χ2v) is 4.11. The van der Waals surface area contributed by atoms with Crippen LogP contribution in [0.5, 0.6) is 0 Å². The molecule has 1 atom stereocenters. The van der Waals surface area contributed by atoms with Gasteiger partial charge in [0.1, 0.15) is 0 Å². The standard InChI is InChI=1S/C13H20N2O.ClH/c1-5-15(13(16)11(4)14)12-9(2)7-6-8-10(12)3;/h6-8,11H,5,14H2,1-4H3;1H/t11-;/m1./s1. The number of hydrogen-bond acceptors (Lipinski definition) is 2. The number of nitrogens with two attached hydrogens (primary N) is 1. The Morgan fingerprint density at radius 2 is 1.82 bits per heavy atom. The van der Waals surface area contributed by atoms with Crippen molar-refractivity contribution in [2.75, 3.05) is 11.4 Å². The van der Waals surface area contributed by atoms with Gasteiger partial charge in [-0.1, -0.05) is 18.2 Å². The first-order valence-electron chi connectivity index (χ1n) is 5.62. The number of carbonyl (C=O) groups excluding carboxylic acids is 1. The van der Waals surface area contributed by atoms with Crippen LogP contribution >= 0.6 is 12.4 Å². The van der Waals surface area contributed by atoms with Gasteiger partial charge in [-0.15, -0.1) is 12.4 Å². The van der Waals surface area contributed by atoms with Crippen LogP contribution in [0.1, 0.15) is 25.0 Å². The van der Waals surface area contributed by atoms with E-state index in [1.165, 1.54) is 0 Å². The lowest BCUT2D eigenvalue weighted by atomic mass is 10.1. The minimum Gasteiger partial charge on any atom is -0.320 e. The monoisotopic (exact) mass is 256 g/mol. The van der Waals surface area contributed by atoms with Gasteiger partial charge in [0.15, 0.2) is 0 Å². The molecule has 1 amide bonds. The van der Waals surface area contributed by atoms with Gasteiger partial charge in [-0.3, -0.25) is 4.79 Å². The minimum absolute atomic E-state index is 0. The molecule has 1 aromatic carbocycles. The van der Waals surface area contributed by atoms with E-state index in [-0.39, 0.29) is 18.3 Å². The molecule has 1 aromatic rings. The van der Waals surface area contributed by atoms with Crippen molar-refractivity contribution in [3.8, 4) is 0 Å². The molecule has 2 N–H and O–H groups in total. The van der Waals surface area contributed by atoms with E-state index < -0.39 is 6.04 Å². The summed E-state index contributed by atoms with van der Waals surface area (Å²) in [5.41, 5.74) is 8.87. The zero-order valence-corrected chi connectivity index (χ0v) is 11.7. The average molecular weight is 257 g/mol. The molecule has 0 saturated heterocycles. The molecule has 4 heteroatoms. The molecule has 0 radical (unpaired) electrons. The second kappa shape index (κ2) is 6.62. The van der Waals surface area contributed by atoms with E-state index in [1.54, 1.807) is 11.8 Å². The van der Waals surface area contributed by atoms with Crippen LogP contribution in [-0.4, -0.2) is 18.5 Å². The topological polar surface area (TPSA) is 46.3 Å². The molecule has 0 aliphatic heterocycles. The summed E-state index contributed by atoms with van der Waals surface area (Å²) in [4.78, 5) is 13.7. The van der Waals surface area contributed by atoms with Crippen molar-refractivity contribution >= 4 is 24.0 Å². The highest BCUT2D eigenvalue weighted by atomic mass is 35.5. The molecule has 0 aromatic heterocycles. The van der Waals surface area contributed by atoms with E-state index in [0.29, 0.717) is 6.54 Å². The molecule has 17 heavy (non-hydrogen) atoms. The number of carbonyl (C=O) groups is 1. The van der Waals surface area contributed by atoms with Gasteiger partial charge >= 0.3 is 0 Å². The van der Waals surface area contributed by atoms with Crippen molar-refractivity contribution in [2.45, 2.75) is 33.7 Å². The summed E-state index contributed by atoms with van der Waals surface area (Å²) in [6, 6.07) is 5.57. The van der Waals surface area contributed by atoms with Gasteiger partial charge in [0.05, 0.1) is 6.04 Å². The smallest absolute Gasteiger partial charge is 0.243 e. The van der Waals surface area contributed by atoms with Crippen molar-refractivity contribution in [3.63, 3.8) is 0 Å². The second-order valence-electron chi connectivity index (χ2n) is 4.11. The number of benzene rings is 1. The maximum absolute atomic E-state index is 12.0. The number of likely N-dealkylation sites (N-methyl/N-ethyl adjacent to an activating group) is 1. The third-order valence-electron chi connectivity index (χ3n) is 2.68. The van der Waals surface area contributed by atoms with E-state index in [0.717, 1.165) is 16.8 Å². The summed E-state index contributed by atoms with van der Waals surface area (Å²) in [7, 11) is 0. The summed E-state index contributed by atoms with van der Waals surface area (Å²) in [6.45, 7) is 8.36. The number of para-hydroxylation sites is 1. The van der Waals surface area contributed by atoms with Crippen LogP contribution in [0.25, 0.3) is 0 Å². The summed E-state index contributed by atoms with van der Waals surface area (Å²) in [5, 5.41) is 0. The fraction of sp³-hybridized carbons (Fsp3) is 0.462. The number of halogens is 1. The Hall–Kier alpha value is -1.06. The van der Waals surface area contributed by atoms with Gasteiger partial charge in [0.25, 0.3) is 0 Å². The van der Waals surface area contributed by atoms with Crippen LogP contribution in [0.4, 0.5) is 5.69 Å². The molecule has 0 aliphatic rings. The van der Waals surface area contributed by atoms with Crippen LogP contribution in [0.15, 0.2) is 18.2 Å². The maximum atomic E-state index is 12.0. The van der Waals surface area contributed by atoms with Crippen molar-refractivity contribution in [1.29, 1.82) is 0 Å². The first-order valence-corrected chi connectivity index (χ1v) is 5.62. The SMILES string of the molecule is CCN(C(=O)[C@@H](C)N)c1c(C)cccc1C.Cl. The fourth-order valence-corrected chi connectivity index (χ4v) is 1.90. The molecular formula is C13H21ClN2O. The van der Waals surface area contributed by atoms with E-state index in [4.69, 9.17) is 5.73 Å². The Morgan fingerprint density at radius 3 is 2.18 bits per heavy atom. The van der Waals surface area contributed by atoms with Gasteiger partial charge < -0.3 is 10.6 Å². The fourth-order valence-electron chi connectivity index (χ4n) is 1.90. The highest BCUT2D eigenvalue weighted by Crippen LogP contribution is 2.24. The van der Waals surface area contributed by atoms with Gasteiger partial charge in [-0.25, -0.2) is 0 Å². The Morgan fingerprint density at radius 1 is 1.35 bits per heavy atom. The van der Waals surface area contributed by atoms with E-state index in [9.17, 15) is 4.79 Å². The summed E-state index contributed by atoms with van der Waals surface area (Å²) in [5.74, 6) is -0.0279. The summed E-state index contributed by atoms with van der Waals surface area (Å²) in [6.07, 6.45) is 0. The zero-order valence-electron chi connectivity index (χ0n) is 10.9. The number of anilines is 1. The molecule has 0 heterocycles. The van der Waals surface area contributed by atoms with E-state index >= 15 is 0 Å². The van der Waals surface area contributed by atoms with Crippen LogP contribution in [0.2, 0.25) is 0 Å². The lowest BCUT2D eigenvalue weighted by Crippen LogP contribution is -2.42. The normalized spacial score (nSPS) is 11.6. The number of hydrogen-bond donors (Lipinski definition) is 1. The van der Waals surface area contributed by atoms with Gasteiger partial charge in [-0.05, 0) is 38.8 Å². The number of nitrogens with zero attached hydrogens (tertiary/aromatic N) is 1. The highest BCUT2D eigenvalue weighted by molar-refractivity contribution is 5.98. The molecule has 0 spiro atoms. The largest absolute Gasteiger partial charge is 0.320 e. The minimum atomic E-state index is -0.459. The molecular weight excluding hydrogens is 236 g/mol. The van der Waals surface area contributed by atoms with Gasteiger partial charge in [-0.2, -0.15) is 0 Å². The van der Waals surface area contributed by atoms with Crippen LogP contribution in [-0.2, 0) is 4.79 Å². The predicted octanol–water partition coefficient (Wildman–Crippen LogP) is 2.43. The molecule has 0 aliphatic carbocycles. The quantitative estimate of drug-likeness (QED) is 0.903. The Kier molecular flexibility index (Phi) is 6.21. The molecule has 3 nitrogen and oxygen atoms in total. The van der Waals surface area contributed by atoms with E-state index in [1.807, 2.05) is 39.0 Å². The molecule has 0 saturated carbocycles. The number of aryl methyl sites for hydroxylation is 2. The van der Waals surface area contributed by atoms with Gasteiger partial charge in [0, 0.05) is 12.2 Å². The van der Waals surface area contributed by atoms with Crippen LogP contribution < -0.4 is 10.6 Å². The van der Waals surface area contributed by atoms with Crippen molar-refractivity contribution in [3.05, 3.63) is 29.3 Å². The zero-order chi connectivity index (χ0) is 12.3. The first-order chi connectivity index (χ1) is 7.49. The van der Waals surface area contributed by atoms with Crippen molar-refractivity contribution in [2.24, 2.45) is 5.73 Å². The number of rotatable bonds is 3. The molecule has 0 bridgehead atoms. The predicted molar refractivity (Wildman–Crippen MR) is 74.8 cm³/mol. The molecule has 0 unspecified atom stereocenters. The van der Waals surface area contributed by atoms with E-state index in [2.05, 4.69) is 0 Å². The van der Waals surface area contributed by atoms with Crippen molar-refractivity contribution < 1.29 is 4.79 Å². The van der Waals surface area contributed by atoms with Crippen molar-refractivity contribution in [1.82, 2.24) is 0 Å². The maximum Gasteiger partial charge on any atom is 0.243 e. The first kappa shape index (κ1) is 15.9. The number of amides is 1. The Balaban J connectivity index is 0.00000256. The van der Waals surface area contributed by atoms with Crippen LogP contribution in [0, 0.1) is 13.8 Å². The van der Waals surface area contributed by atoms with Gasteiger partial charge in [0.2, 0.25) is 5.91 Å². The lowest BCUT2D eigenvalue weighted by molar-refractivity contribution is -0.119. The third-order valence-corrected chi connectivity index (χ3v) is 2.68. The molecule has 0 fully saturated rings. The highest BCUT2D eigenvalue weighted by Gasteiger charge is 2.20. The molecule has 1 rings (SSSR count). The molecule has 96 valence electrons. The third kappa shape index (κ3) is 3.45. The van der Waals surface area contributed by atoms with Crippen LogP contribution in [0.3, 0.4) is 0 Å². The lowest BCUT2D eigenvalue weighted by Gasteiger charge is -2.26.